The van der Waals surface area contributed by atoms with Gasteiger partial charge in [-0.3, -0.25) is 10.1 Å². The number of benzene rings is 4. The van der Waals surface area contributed by atoms with E-state index >= 15 is 0 Å². The van der Waals surface area contributed by atoms with Crippen molar-refractivity contribution in [3.8, 4) is 11.1 Å². The Morgan fingerprint density at radius 3 is 2.12 bits per heavy atom. The van der Waals surface area contributed by atoms with Crippen molar-refractivity contribution in [3.05, 3.63) is 102 Å². The molecule has 32 heavy (non-hydrogen) atoms. The van der Waals surface area contributed by atoms with Gasteiger partial charge in [-0.15, -0.1) is 0 Å². The molecule has 0 aromatic heterocycles. The normalized spacial score (nSPS) is 12.2. The van der Waals surface area contributed by atoms with Crippen molar-refractivity contribution in [2.45, 2.75) is 12.3 Å². The molecular weight excluding hydrogens is 402 g/mol. The monoisotopic (exact) mass is 423 g/mol. The largest absolute Gasteiger partial charge is 0.481 e. The fourth-order valence-electron chi connectivity index (χ4n) is 4.41. The van der Waals surface area contributed by atoms with Crippen LogP contribution in [0.1, 0.15) is 22.6 Å². The molecule has 5 heteroatoms. The molecule has 0 heterocycles. The Kier molecular flexibility index (Phi) is 5.07. The van der Waals surface area contributed by atoms with E-state index in [0.717, 1.165) is 16.3 Å². The van der Waals surface area contributed by atoms with Crippen molar-refractivity contribution < 1.29 is 19.4 Å². The van der Waals surface area contributed by atoms with Crippen LogP contribution in [-0.2, 0) is 16.0 Å². The van der Waals surface area contributed by atoms with E-state index in [-0.39, 0.29) is 18.9 Å². The molecule has 4 aromatic rings. The highest BCUT2D eigenvalue weighted by Crippen LogP contribution is 2.44. The molecule has 1 aliphatic rings. The molecule has 0 saturated carbocycles. The highest BCUT2D eigenvalue weighted by atomic mass is 16.5. The molecule has 4 aromatic carbocycles. The number of amides is 1. The van der Waals surface area contributed by atoms with E-state index in [9.17, 15) is 9.59 Å². The second-order valence-electron chi connectivity index (χ2n) is 7.92. The summed E-state index contributed by atoms with van der Waals surface area (Å²) in [5.41, 5.74) is 6.08. The van der Waals surface area contributed by atoms with Crippen LogP contribution in [0.25, 0.3) is 21.9 Å². The van der Waals surface area contributed by atoms with Gasteiger partial charge in [0.25, 0.3) is 0 Å². The first-order valence-electron chi connectivity index (χ1n) is 10.4. The molecule has 158 valence electrons. The molecule has 2 N–H and O–H groups in total. The lowest BCUT2D eigenvalue weighted by atomic mass is 9.98. The molecular formula is C27H21NO4. The molecule has 0 atom stereocenters. The molecule has 0 fully saturated rings. The Morgan fingerprint density at radius 2 is 1.44 bits per heavy atom. The first kappa shape index (κ1) is 19.8. The summed E-state index contributed by atoms with van der Waals surface area (Å²) < 4.78 is 5.60. The SMILES string of the molecule is O=C(O)Cc1ccc2cc(NC(=O)OCC3c4ccccc4-c4ccccc43)ccc2c1. The maximum absolute atomic E-state index is 12.5. The topological polar surface area (TPSA) is 75.6 Å². The van der Waals surface area contributed by atoms with Crippen LogP contribution in [0.4, 0.5) is 10.5 Å². The predicted octanol–water partition coefficient (Wildman–Crippen LogP) is 5.83. The second-order valence-corrected chi connectivity index (χ2v) is 7.92. The smallest absolute Gasteiger partial charge is 0.411 e. The highest BCUT2D eigenvalue weighted by Gasteiger charge is 2.29. The third kappa shape index (κ3) is 3.81. The van der Waals surface area contributed by atoms with Crippen LogP contribution in [0, 0.1) is 0 Å². The Balaban J connectivity index is 1.28. The molecule has 1 aliphatic carbocycles. The molecule has 0 bridgehead atoms. The van der Waals surface area contributed by atoms with Crippen LogP contribution in [0.5, 0.6) is 0 Å². The fourth-order valence-corrected chi connectivity index (χ4v) is 4.41. The Labute approximate surface area is 185 Å². The minimum absolute atomic E-state index is 0.0115. The predicted molar refractivity (Wildman–Crippen MR) is 124 cm³/mol. The Bertz CT molecular complexity index is 1300. The number of rotatable bonds is 5. The summed E-state index contributed by atoms with van der Waals surface area (Å²) in [4.78, 5) is 23.4. The van der Waals surface area contributed by atoms with Gasteiger partial charge < -0.3 is 9.84 Å². The van der Waals surface area contributed by atoms with E-state index in [1.807, 2.05) is 48.5 Å². The van der Waals surface area contributed by atoms with Gasteiger partial charge in [-0.05, 0) is 50.7 Å². The van der Waals surface area contributed by atoms with Gasteiger partial charge in [-0.1, -0.05) is 72.8 Å². The summed E-state index contributed by atoms with van der Waals surface area (Å²) >= 11 is 0. The van der Waals surface area contributed by atoms with E-state index in [4.69, 9.17) is 9.84 Å². The summed E-state index contributed by atoms with van der Waals surface area (Å²) in [7, 11) is 0. The van der Waals surface area contributed by atoms with Gasteiger partial charge in [-0.2, -0.15) is 0 Å². The number of ether oxygens (including phenoxy) is 1. The first-order valence-corrected chi connectivity index (χ1v) is 10.4. The van der Waals surface area contributed by atoms with Crippen LogP contribution in [0.3, 0.4) is 0 Å². The van der Waals surface area contributed by atoms with Crippen molar-refractivity contribution >= 4 is 28.5 Å². The summed E-state index contributed by atoms with van der Waals surface area (Å²) in [5, 5.41) is 13.6. The third-order valence-corrected chi connectivity index (χ3v) is 5.85. The zero-order valence-corrected chi connectivity index (χ0v) is 17.2. The van der Waals surface area contributed by atoms with Gasteiger partial charge in [0, 0.05) is 11.6 Å². The molecule has 0 unspecified atom stereocenters. The maximum Gasteiger partial charge on any atom is 0.411 e. The van der Waals surface area contributed by atoms with Gasteiger partial charge in [0.05, 0.1) is 6.42 Å². The quantitative estimate of drug-likeness (QED) is 0.424. The lowest BCUT2D eigenvalue weighted by Gasteiger charge is -2.15. The van der Waals surface area contributed by atoms with E-state index < -0.39 is 12.1 Å². The molecule has 0 aliphatic heterocycles. The van der Waals surface area contributed by atoms with Crippen molar-refractivity contribution in [1.29, 1.82) is 0 Å². The van der Waals surface area contributed by atoms with Gasteiger partial charge in [0.15, 0.2) is 0 Å². The van der Waals surface area contributed by atoms with E-state index in [1.54, 1.807) is 12.1 Å². The summed E-state index contributed by atoms with van der Waals surface area (Å²) in [6, 6.07) is 27.4. The summed E-state index contributed by atoms with van der Waals surface area (Å²) in [5.74, 6) is -0.852. The van der Waals surface area contributed by atoms with Gasteiger partial charge in [0.2, 0.25) is 0 Å². The fraction of sp³-hybridized carbons (Fsp3) is 0.111. The van der Waals surface area contributed by atoms with Gasteiger partial charge in [-0.25, -0.2) is 4.79 Å². The zero-order chi connectivity index (χ0) is 22.1. The number of nitrogens with one attached hydrogen (secondary N) is 1. The van der Waals surface area contributed by atoms with Gasteiger partial charge >= 0.3 is 12.1 Å². The molecule has 0 saturated heterocycles. The molecule has 5 nitrogen and oxygen atoms in total. The molecule has 0 spiro atoms. The lowest BCUT2D eigenvalue weighted by molar-refractivity contribution is -0.136. The van der Waals surface area contributed by atoms with Crippen molar-refractivity contribution in [2.75, 3.05) is 11.9 Å². The van der Waals surface area contributed by atoms with Crippen LogP contribution in [0.2, 0.25) is 0 Å². The molecule has 5 rings (SSSR count). The van der Waals surface area contributed by atoms with Crippen LogP contribution >= 0.6 is 0 Å². The number of aliphatic carboxylic acids is 1. The van der Waals surface area contributed by atoms with Crippen molar-refractivity contribution in [2.24, 2.45) is 0 Å². The van der Waals surface area contributed by atoms with E-state index in [2.05, 4.69) is 29.6 Å². The second kappa shape index (κ2) is 8.19. The maximum atomic E-state index is 12.5. The molecule has 1 amide bonds. The van der Waals surface area contributed by atoms with Crippen molar-refractivity contribution in [1.82, 2.24) is 0 Å². The standard InChI is InChI=1S/C27H21NO4/c29-26(30)14-17-9-10-19-15-20(12-11-18(19)13-17)28-27(31)32-16-25-23-7-3-1-5-21(23)22-6-2-4-8-24(22)25/h1-13,15,25H,14,16H2,(H,28,31)(H,29,30). The number of carboxylic acid groups (broad SMARTS) is 1. The molecule has 0 radical (unpaired) electrons. The summed E-state index contributed by atoms with van der Waals surface area (Å²) in [6.07, 6.45) is -0.524. The van der Waals surface area contributed by atoms with Crippen molar-refractivity contribution in [3.63, 3.8) is 0 Å². The number of hydrogen-bond donors (Lipinski definition) is 2. The number of carbonyl (C=O) groups is 2. The number of fused-ring (bicyclic) bond motifs is 4. The van der Waals surface area contributed by atoms with Crippen LogP contribution in [0.15, 0.2) is 84.9 Å². The number of anilines is 1. The van der Waals surface area contributed by atoms with Gasteiger partial charge in [0.1, 0.15) is 6.61 Å². The van der Waals surface area contributed by atoms with E-state index in [1.165, 1.54) is 22.3 Å². The number of carbonyl (C=O) groups excluding carboxylic acids is 1. The summed E-state index contributed by atoms with van der Waals surface area (Å²) in [6.45, 7) is 0.256. The van der Waals surface area contributed by atoms with E-state index in [0.29, 0.717) is 5.69 Å². The Hall–Kier alpha value is -4.12. The number of carboxylic acids is 1. The highest BCUT2D eigenvalue weighted by molar-refractivity contribution is 5.92. The first-order chi connectivity index (χ1) is 15.6. The third-order valence-electron chi connectivity index (χ3n) is 5.85. The minimum Gasteiger partial charge on any atom is -0.481 e. The van der Waals surface area contributed by atoms with Crippen LogP contribution < -0.4 is 5.32 Å². The minimum atomic E-state index is -0.863. The zero-order valence-electron chi connectivity index (χ0n) is 17.2. The van der Waals surface area contributed by atoms with Crippen LogP contribution in [-0.4, -0.2) is 23.8 Å². The average Bonchev–Trinajstić information content (AvgIpc) is 3.11. The lowest BCUT2D eigenvalue weighted by Crippen LogP contribution is -2.17. The Morgan fingerprint density at radius 1 is 0.812 bits per heavy atom. The number of hydrogen-bond acceptors (Lipinski definition) is 3. The average molecular weight is 423 g/mol.